The van der Waals surface area contributed by atoms with E-state index in [0.717, 1.165) is 29.3 Å². The first-order valence-corrected chi connectivity index (χ1v) is 10.4. The quantitative estimate of drug-likeness (QED) is 0.291. The van der Waals surface area contributed by atoms with Crippen LogP contribution in [-0.4, -0.2) is 11.6 Å². The van der Waals surface area contributed by atoms with Gasteiger partial charge in [-0.25, -0.2) is 9.37 Å². The summed E-state index contributed by atoms with van der Waals surface area (Å²) in [7, 11) is 0. The molecule has 30 heavy (non-hydrogen) atoms. The molecular weight excluding hydrogens is 416 g/mol. The highest BCUT2D eigenvalue weighted by atomic mass is 32.1. The summed E-state index contributed by atoms with van der Waals surface area (Å²) in [4.78, 5) is 5.33. The van der Waals surface area contributed by atoms with Gasteiger partial charge in [0, 0.05) is 16.1 Å². The predicted molar refractivity (Wildman–Crippen MR) is 112 cm³/mol. The van der Waals surface area contributed by atoms with Gasteiger partial charge in [-0.3, -0.25) is 0 Å². The van der Waals surface area contributed by atoms with E-state index in [1.807, 2.05) is 13.8 Å². The normalized spacial score (nSPS) is 11.5. The summed E-state index contributed by atoms with van der Waals surface area (Å²) in [6, 6.07) is 9.83. The van der Waals surface area contributed by atoms with Gasteiger partial charge in [0.25, 0.3) is 0 Å². The van der Waals surface area contributed by atoms with E-state index >= 15 is 0 Å². The number of hydrogen-bond acceptors (Lipinski definition) is 4. The molecule has 8 heteroatoms. The molecule has 0 saturated heterocycles. The van der Waals surface area contributed by atoms with Crippen molar-refractivity contribution in [1.29, 1.82) is 0 Å². The van der Waals surface area contributed by atoms with Gasteiger partial charge in [0.15, 0.2) is 5.13 Å². The van der Waals surface area contributed by atoms with Gasteiger partial charge >= 0.3 is 6.18 Å². The van der Waals surface area contributed by atoms with Crippen molar-refractivity contribution >= 4 is 22.2 Å². The van der Waals surface area contributed by atoms with E-state index in [9.17, 15) is 17.6 Å². The Labute approximate surface area is 176 Å². The topological polar surface area (TPSA) is 34.1 Å². The zero-order chi connectivity index (χ0) is 21.7. The summed E-state index contributed by atoms with van der Waals surface area (Å²) in [5.74, 6) is -0.520. The van der Waals surface area contributed by atoms with Crippen LogP contribution in [0.1, 0.15) is 36.6 Å². The summed E-state index contributed by atoms with van der Waals surface area (Å²) in [5, 5.41) is 3.40. The minimum Gasteiger partial charge on any atom is -0.493 e. The highest BCUT2D eigenvalue weighted by molar-refractivity contribution is 7.16. The molecule has 0 saturated carbocycles. The molecule has 0 aliphatic rings. The number of aryl methyl sites for hydroxylation is 1. The summed E-state index contributed by atoms with van der Waals surface area (Å²) in [5.41, 5.74) is 0.845. The molecule has 160 valence electrons. The van der Waals surface area contributed by atoms with Gasteiger partial charge in [0.05, 0.1) is 17.9 Å². The number of halogens is 4. The van der Waals surface area contributed by atoms with Crippen molar-refractivity contribution in [3.63, 3.8) is 0 Å². The lowest BCUT2D eigenvalue weighted by Gasteiger charge is -2.15. The van der Waals surface area contributed by atoms with Crippen LogP contribution in [0, 0.1) is 12.7 Å². The van der Waals surface area contributed by atoms with E-state index in [0.29, 0.717) is 17.2 Å². The summed E-state index contributed by atoms with van der Waals surface area (Å²) in [6.07, 6.45) is -1.96. The fourth-order valence-corrected chi connectivity index (χ4v) is 3.79. The number of unbranched alkanes of at least 4 members (excludes halogenated alkanes) is 2. The largest absolute Gasteiger partial charge is 0.493 e. The fourth-order valence-electron chi connectivity index (χ4n) is 2.94. The Hall–Kier alpha value is -2.61. The maximum Gasteiger partial charge on any atom is 0.420 e. The van der Waals surface area contributed by atoms with Gasteiger partial charge in [0.2, 0.25) is 0 Å². The minimum atomic E-state index is -4.53. The van der Waals surface area contributed by atoms with Crippen molar-refractivity contribution in [2.45, 2.75) is 39.3 Å². The summed E-state index contributed by atoms with van der Waals surface area (Å²) >= 11 is 1.32. The van der Waals surface area contributed by atoms with Crippen LogP contribution in [0.25, 0.3) is 11.3 Å². The average molecular weight is 438 g/mol. The number of aromatic nitrogens is 1. The number of rotatable bonds is 8. The molecule has 3 nitrogen and oxygen atoms in total. The van der Waals surface area contributed by atoms with Crippen LogP contribution in [0.5, 0.6) is 5.75 Å². The van der Waals surface area contributed by atoms with E-state index < -0.39 is 11.7 Å². The van der Waals surface area contributed by atoms with Crippen LogP contribution in [-0.2, 0) is 6.18 Å². The average Bonchev–Trinajstić information content (AvgIpc) is 3.06. The number of nitrogens with zero attached hydrogens (tertiary/aromatic N) is 1. The summed E-state index contributed by atoms with van der Waals surface area (Å²) in [6.45, 7) is 4.12. The highest BCUT2D eigenvalue weighted by Gasteiger charge is 2.34. The standard InChI is InChI=1S/C22H22F4N2OS/c1-3-4-5-12-29-19-11-10-17(13-18(19)22(24,25)26)27-21-28-20(14(2)30-21)15-6-8-16(23)9-7-15/h6-11,13H,3-5,12H2,1-2H3,(H,27,28). The summed E-state index contributed by atoms with van der Waals surface area (Å²) < 4.78 is 59.1. The minimum absolute atomic E-state index is 0.175. The third-order valence-corrected chi connectivity index (χ3v) is 5.34. The van der Waals surface area contributed by atoms with Crippen molar-refractivity contribution in [2.24, 2.45) is 0 Å². The molecule has 1 N–H and O–H groups in total. The van der Waals surface area contributed by atoms with E-state index in [-0.39, 0.29) is 23.9 Å². The molecule has 1 heterocycles. The first-order valence-electron chi connectivity index (χ1n) is 9.62. The number of ether oxygens (including phenoxy) is 1. The number of alkyl halides is 3. The second-order valence-electron chi connectivity index (χ2n) is 6.82. The Morgan fingerprint density at radius 1 is 1.07 bits per heavy atom. The van der Waals surface area contributed by atoms with Crippen molar-refractivity contribution in [2.75, 3.05) is 11.9 Å². The lowest BCUT2D eigenvalue weighted by molar-refractivity contribution is -0.138. The number of nitrogens with one attached hydrogen (secondary N) is 1. The molecule has 0 unspecified atom stereocenters. The zero-order valence-electron chi connectivity index (χ0n) is 16.6. The van der Waals surface area contributed by atoms with Crippen LogP contribution in [0.2, 0.25) is 0 Å². The Kier molecular flexibility index (Phi) is 6.97. The molecule has 0 amide bonds. The molecule has 3 rings (SSSR count). The first-order chi connectivity index (χ1) is 14.3. The maximum atomic E-state index is 13.5. The van der Waals surface area contributed by atoms with Crippen LogP contribution in [0.3, 0.4) is 0 Å². The lowest BCUT2D eigenvalue weighted by Crippen LogP contribution is -2.10. The van der Waals surface area contributed by atoms with Crippen LogP contribution in [0.4, 0.5) is 28.4 Å². The Morgan fingerprint density at radius 3 is 2.47 bits per heavy atom. The molecule has 0 spiro atoms. The van der Waals surface area contributed by atoms with Gasteiger partial charge in [-0.2, -0.15) is 13.2 Å². The zero-order valence-corrected chi connectivity index (χ0v) is 17.5. The monoisotopic (exact) mass is 438 g/mol. The molecule has 3 aromatic rings. The van der Waals surface area contributed by atoms with Crippen molar-refractivity contribution < 1.29 is 22.3 Å². The highest BCUT2D eigenvalue weighted by Crippen LogP contribution is 2.39. The van der Waals surface area contributed by atoms with Crippen LogP contribution >= 0.6 is 11.3 Å². The molecule has 2 aromatic carbocycles. The molecule has 0 atom stereocenters. The van der Waals surface area contributed by atoms with Gasteiger partial charge in [0.1, 0.15) is 11.6 Å². The number of benzene rings is 2. The van der Waals surface area contributed by atoms with Gasteiger partial charge in [-0.1, -0.05) is 19.8 Å². The second-order valence-corrected chi connectivity index (χ2v) is 8.02. The van der Waals surface area contributed by atoms with E-state index in [1.165, 1.54) is 29.5 Å². The van der Waals surface area contributed by atoms with Crippen molar-refractivity contribution in [3.05, 3.63) is 58.7 Å². The third kappa shape index (κ3) is 5.50. The van der Waals surface area contributed by atoms with Gasteiger partial charge < -0.3 is 10.1 Å². The van der Waals surface area contributed by atoms with Crippen LogP contribution < -0.4 is 10.1 Å². The molecular formula is C22H22F4N2OS. The SMILES string of the molecule is CCCCCOc1ccc(Nc2nc(-c3ccc(F)cc3)c(C)s2)cc1C(F)(F)F. The molecule has 0 fully saturated rings. The molecule has 1 aromatic heterocycles. The predicted octanol–water partition coefficient (Wildman–Crippen LogP) is 7.59. The van der Waals surface area contributed by atoms with Crippen molar-refractivity contribution in [1.82, 2.24) is 4.98 Å². The Balaban J connectivity index is 1.81. The van der Waals surface area contributed by atoms with Crippen LogP contribution in [0.15, 0.2) is 42.5 Å². The van der Waals surface area contributed by atoms with Gasteiger partial charge in [-0.05, 0) is 55.8 Å². The lowest BCUT2D eigenvalue weighted by atomic mass is 10.1. The number of hydrogen-bond donors (Lipinski definition) is 1. The smallest absolute Gasteiger partial charge is 0.420 e. The fraction of sp³-hybridized carbons (Fsp3) is 0.318. The Bertz CT molecular complexity index is 984. The number of thiazole rings is 1. The first kappa shape index (κ1) is 22.1. The molecule has 0 radical (unpaired) electrons. The van der Waals surface area contributed by atoms with E-state index in [2.05, 4.69) is 10.3 Å². The Morgan fingerprint density at radius 2 is 1.80 bits per heavy atom. The molecule has 0 aliphatic heterocycles. The van der Waals surface area contributed by atoms with E-state index in [1.54, 1.807) is 18.2 Å². The maximum absolute atomic E-state index is 13.5. The number of anilines is 2. The van der Waals surface area contributed by atoms with E-state index in [4.69, 9.17) is 4.74 Å². The van der Waals surface area contributed by atoms with Gasteiger partial charge in [-0.15, -0.1) is 11.3 Å². The molecule has 0 aliphatic carbocycles. The third-order valence-electron chi connectivity index (χ3n) is 4.46. The second kappa shape index (κ2) is 9.47. The van der Waals surface area contributed by atoms with Crippen molar-refractivity contribution in [3.8, 4) is 17.0 Å². The molecule has 0 bridgehead atoms.